The van der Waals surface area contributed by atoms with E-state index >= 15 is 0 Å². The fourth-order valence-corrected chi connectivity index (χ4v) is 3.70. The Morgan fingerprint density at radius 3 is 2.42 bits per heavy atom. The van der Waals surface area contributed by atoms with Crippen molar-refractivity contribution in [2.75, 3.05) is 12.9 Å². The molecule has 1 unspecified atom stereocenters. The zero-order valence-electron chi connectivity index (χ0n) is 18.7. The van der Waals surface area contributed by atoms with Gasteiger partial charge in [0.25, 0.3) is 0 Å². The number of halogens is 3. The van der Waals surface area contributed by atoms with Gasteiger partial charge in [0.15, 0.2) is 11.0 Å². The van der Waals surface area contributed by atoms with E-state index in [-0.39, 0.29) is 29.3 Å². The molecular formula is C23H25F3N4O2S. The second kappa shape index (κ2) is 10.3. The number of hydrogen-bond donors (Lipinski definition) is 1. The van der Waals surface area contributed by atoms with Crippen LogP contribution in [0, 0.1) is 5.92 Å². The second-order valence-electron chi connectivity index (χ2n) is 7.81. The van der Waals surface area contributed by atoms with Crippen molar-refractivity contribution in [3.8, 4) is 22.8 Å². The van der Waals surface area contributed by atoms with E-state index in [1.165, 1.54) is 10.6 Å². The minimum Gasteiger partial charge on any atom is -0.497 e. The van der Waals surface area contributed by atoms with Crippen molar-refractivity contribution in [2.45, 2.75) is 38.1 Å². The summed E-state index contributed by atoms with van der Waals surface area (Å²) in [4.78, 5) is 12.4. The lowest BCUT2D eigenvalue weighted by Gasteiger charge is -2.17. The van der Waals surface area contributed by atoms with Crippen molar-refractivity contribution in [1.82, 2.24) is 20.1 Å². The van der Waals surface area contributed by atoms with Gasteiger partial charge in [-0.1, -0.05) is 31.7 Å². The molecule has 0 radical (unpaired) electrons. The van der Waals surface area contributed by atoms with Crippen molar-refractivity contribution < 1.29 is 22.7 Å². The van der Waals surface area contributed by atoms with E-state index in [0.717, 1.165) is 23.9 Å². The predicted octanol–water partition coefficient (Wildman–Crippen LogP) is 5.21. The molecule has 0 spiro atoms. The quantitative estimate of drug-likeness (QED) is 0.450. The molecule has 1 atom stereocenters. The molecule has 1 heterocycles. The Balaban J connectivity index is 1.98. The summed E-state index contributed by atoms with van der Waals surface area (Å²) in [5, 5.41) is 11.6. The molecule has 0 aliphatic heterocycles. The SMILES string of the molecule is COc1ccc(-c2nnc(SCC(=O)NC(C)C(C)C)n2-c2cccc(C(F)(F)F)c2)cc1. The maximum atomic E-state index is 13.3. The van der Waals surface area contributed by atoms with Gasteiger partial charge in [-0.2, -0.15) is 13.2 Å². The van der Waals surface area contributed by atoms with Crippen LogP contribution in [-0.2, 0) is 11.0 Å². The lowest BCUT2D eigenvalue weighted by atomic mass is 10.1. The van der Waals surface area contributed by atoms with Gasteiger partial charge in [-0.3, -0.25) is 9.36 Å². The summed E-state index contributed by atoms with van der Waals surface area (Å²) in [6.45, 7) is 5.92. The zero-order valence-corrected chi connectivity index (χ0v) is 19.5. The molecule has 0 aliphatic carbocycles. The summed E-state index contributed by atoms with van der Waals surface area (Å²) in [6, 6.07) is 11.9. The summed E-state index contributed by atoms with van der Waals surface area (Å²) >= 11 is 1.11. The molecule has 6 nitrogen and oxygen atoms in total. The summed E-state index contributed by atoms with van der Waals surface area (Å²) in [7, 11) is 1.54. The fraction of sp³-hybridized carbons (Fsp3) is 0.348. The Hall–Kier alpha value is -3.01. The molecule has 33 heavy (non-hydrogen) atoms. The van der Waals surface area contributed by atoms with Crippen LogP contribution in [0.5, 0.6) is 5.75 Å². The Bertz CT molecular complexity index is 1100. The van der Waals surface area contributed by atoms with Crippen molar-refractivity contribution in [1.29, 1.82) is 0 Å². The number of ether oxygens (including phenoxy) is 1. The van der Waals surface area contributed by atoms with Crippen molar-refractivity contribution in [3.63, 3.8) is 0 Å². The first-order chi connectivity index (χ1) is 15.6. The Morgan fingerprint density at radius 2 is 1.82 bits per heavy atom. The van der Waals surface area contributed by atoms with Crippen LogP contribution in [0.1, 0.15) is 26.3 Å². The highest BCUT2D eigenvalue weighted by molar-refractivity contribution is 7.99. The number of carbonyl (C=O) groups is 1. The number of amides is 1. The van der Waals surface area contributed by atoms with Crippen LogP contribution in [0.25, 0.3) is 17.1 Å². The number of aromatic nitrogens is 3. The summed E-state index contributed by atoms with van der Waals surface area (Å²) < 4.78 is 46.7. The highest BCUT2D eigenvalue weighted by Gasteiger charge is 2.31. The van der Waals surface area contributed by atoms with E-state index < -0.39 is 11.7 Å². The summed E-state index contributed by atoms with van der Waals surface area (Å²) in [5.41, 5.74) is 0.110. The second-order valence-corrected chi connectivity index (χ2v) is 8.75. The molecule has 1 aromatic heterocycles. The third-order valence-electron chi connectivity index (χ3n) is 5.13. The first-order valence-electron chi connectivity index (χ1n) is 10.3. The number of carbonyl (C=O) groups excluding carboxylic acids is 1. The minimum absolute atomic E-state index is 0.00528. The summed E-state index contributed by atoms with van der Waals surface area (Å²) in [5.74, 6) is 1.13. The van der Waals surface area contributed by atoms with Crippen LogP contribution >= 0.6 is 11.8 Å². The number of methoxy groups -OCH3 is 1. The predicted molar refractivity (Wildman–Crippen MR) is 122 cm³/mol. The van der Waals surface area contributed by atoms with Gasteiger partial charge in [-0.05, 0) is 55.3 Å². The highest BCUT2D eigenvalue weighted by atomic mass is 32.2. The molecule has 1 amide bonds. The van der Waals surface area contributed by atoms with Gasteiger partial charge in [0.2, 0.25) is 5.91 Å². The van der Waals surface area contributed by atoms with Crippen molar-refractivity contribution in [2.24, 2.45) is 5.92 Å². The van der Waals surface area contributed by atoms with Gasteiger partial charge in [0, 0.05) is 11.6 Å². The number of benzene rings is 2. The standard InChI is InChI=1S/C23H25F3N4O2S/c1-14(2)15(3)27-20(31)13-33-22-29-28-21(16-8-10-19(32-4)11-9-16)30(22)18-7-5-6-17(12-18)23(24,25)26/h5-12,14-15H,13H2,1-4H3,(H,27,31). The van der Waals surface area contributed by atoms with Crippen LogP contribution in [-0.4, -0.2) is 39.6 Å². The van der Waals surface area contributed by atoms with Crippen molar-refractivity contribution >= 4 is 17.7 Å². The number of alkyl halides is 3. The Labute approximate surface area is 194 Å². The van der Waals surface area contributed by atoms with Gasteiger partial charge in [-0.25, -0.2) is 0 Å². The molecule has 176 valence electrons. The number of nitrogens with zero attached hydrogens (tertiary/aromatic N) is 3. The number of hydrogen-bond acceptors (Lipinski definition) is 5. The Morgan fingerprint density at radius 1 is 1.12 bits per heavy atom. The maximum Gasteiger partial charge on any atom is 0.416 e. The van der Waals surface area contributed by atoms with Gasteiger partial charge < -0.3 is 10.1 Å². The average molecular weight is 479 g/mol. The van der Waals surface area contributed by atoms with Crippen LogP contribution in [0.4, 0.5) is 13.2 Å². The molecule has 0 saturated carbocycles. The molecule has 2 aromatic carbocycles. The molecule has 1 N–H and O–H groups in total. The fourth-order valence-electron chi connectivity index (χ4n) is 2.94. The lowest BCUT2D eigenvalue weighted by molar-refractivity contribution is -0.137. The van der Waals surface area contributed by atoms with Crippen LogP contribution in [0.3, 0.4) is 0 Å². The summed E-state index contributed by atoms with van der Waals surface area (Å²) in [6.07, 6.45) is -4.50. The smallest absolute Gasteiger partial charge is 0.416 e. The van der Waals surface area contributed by atoms with Gasteiger partial charge in [0.05, 0.1) is 24.1 Å². The minimum atomic E-state index is -4.50. The van der Waals surface area contributed by atoms with E-state index in [9.17, 15) is 18.0 Å². The van der Waals surface area contributed by atoms with E-state index in [4.69, 9.17) is 4.74 Å². The van der Waals surface area contributed by atoms with Crippen LogP contribution in [0.2, 0.25) is 0 Å². The third kappa shape index (κ3) is 6.07. The number of nitrogens with one attached hydrogen (secondary N) is 1. The van der Waals surface area contributed by atoms with E-state index in [1.54, 1.807) is 37.4 Å². The largest absolute Gasteiger partial charge is 0.497 e. The molecule has 0 fully saturated rings. The number of rotatable bonds is 8. The van der Waals surface area contributed by atoms with Crippen molar-refractivity contribution in [3.05, 3.63) is 54.1 Å². The average Bonchev–Trinajstić information content (AvgIpc) is 3.21. The molecule has 0 aliphatic rings. The zero-order chi connectivity index (χ0) is 24.2. The van der Waals surface area contributed by atoms with E-state index in [2.05, 4.69) is 15.5 Å². The molecule has 3 aromatic rings. The maximum absolute atomic E-state index is 13.3. The molecule has 3 rings (SSSR count). The van der Waals surface area contributed by atoms with Gasteiger partial charge in [0.1, 0.15) is 5.75 Å². The molecule has 0 saturated heterocycles. The lowest BCUT2D eigenvalue weighted by Crippen LogP contribution is -2.37. The first-order valence-corrected chi connectivity index (χ1v) is 11.3. The van der Waals surface area contributed by atoms with E-state index in [1.807, 2.05) is 20.8 Å². The third-order valence-corrected chi connectivity index (χ3v) is 6.06. The molecule has 10 heteroatoms. The molecular weight excluding hydrogens is 453 g/mol. The van der Waals surface area contributed by atoms with Crippen LogP contribution < -0.4 is 10.1 Å². The van der Waals surface area contributed by atoms with Gasteiger partial charge in [-0.15, -0.1) is 10.2 Å². The monoisotopic (exact) mass is 478 g/mol. The number of thioether (sulfide) groups is 1. The normalized spacial score (nSPS) is 12.6. The van der Waals surface area contributed by atoms with Crippen LogP contribution in [0.15, 0.2) is 53.7 Å². The molecule has 0 bridgehead atoms. The topological polar surface area (TPSA) is 69.0 Å². The van der Waals surface area contributed by atoms with E-state index in [0.29, 0.717) is 22.3 Å². The Kier molecular flexibility index (Phi) is 7.68. The highest BCUT2D eigenvalue weighted by Crippen LogP contribution is 2.33. The van der Waals surface area contributed by atoms with Gasteiger partial charge >= 0.3 is 6.18 Å². The first kappa shape index (κ1) is 24.6.